The largest absolute Gasteiger partial charge is 0.490 e. The van der Waals surface area contributed by atoms with Gasteiger partial charge in [0.2, 0.25) is 10.0 Å². The van der Waals surface area contributed by atoms with Crippen molar-refractivity contribution in [3.05, 3.63) is 24.3 Å². The average Bonchev–Trinajstić information content (AvgIpc) is 2.41. The molecule has 0 spiro atoms. The van der Waals surface area contributed by atoms with E-state index in [-0.39, 0.29) is 18.5 Å². The molecule has 112 valence electrons. The van der Waals surface area contributed by atoms with Crippen LogP contribution in [0.1, 0.15) is 6.92 Å². The van der Waals surface area contributed by atoms with Gasteiger partial charge in [-0.1, -0.05) is 12.1 Å². The summed E-state index contributed by atoms with van der Waals surface area (Å²) in [6.45, 7) is 3.19. The van der Waals surface area contributed by atoms with E-state index in [1.54, 1.807) is 24.3 Å². The van der Waals surface area contributed by atoms with Crippen LogP contribution in [-0.4, -0.2) is 50.9 Å². The van der Waals surface area contributed by atoms with E-state index >= 15 is 0 Å². The molecule has 0 aliphatic carbocycles. The maximum absolute atomic E-state index is 12.2. The third kappa shape index (κ3) is 3.84. The van der Waals surface area contributed by atoms with Crippen LogP contribution in [0, 0.1) is 0 Å². The fraction of sp³-hybridized carbons (Fsp3) is 0.538. The van der Waals surface area contributed by atoms with Crippen LogP contribution in [0.25, 0.3) is 0 Å². The SMILES string of the molecule is CC1CN(S(=O)(=O)CCOc2ccccc2N)CCO1. The summed E-state index contributed by atoms with van der Waals surface area (Å²) in [5.74, 6) is 0.451. The van der Waals surface area contributed by atoms with Crippen LogP contribution in [-0.2, 0) is 14.8 Å². The number of benzene rings is 1. The van der Waals surface area contributed by atoms with Crippen molar-refractivity contribution in [1.82, 2.24) is 4.31 Å². The van der Waals surface area contributed by atoms with Gasteiger partial charge in [-0.05, 0) is 19.1 Å². The molecule has 1 unspecified atom stereocenters. The van der Waals surface area contributed by atoms with E-state index in [0.29, 0.717) is 31.1 Å². The first-order valence-electron chi connectivity index (χ1n) is 6.56. The lowest BCUT2D eigenvalue weighted by molar-refractivity contribution is 0.0101. The zero-order chi connectivity index (χ0) is 14.6. The van der Waals surface area contributed by atoms with Crippen LogP contribution < -0.4 is 10.5 Å². The minimum Gasteiger partial charge on any atom is -0.490 e. The van der Waals surface area contributed by atoms with Crippen molar-refractivity contribution in [3.63, 3.8) is 0 Å². The van der Waals surface area contributed by atoms with Gasteiger partial charge in [-0.3, -0.25) is 0 Å². The van der Waals surface area contributed by atoms with Crippen molar-refractivity contribution in [2.75, 3.05) is 37.8 Å². The monoisotopic (exact) mass is 300 g/mol. The van der Waals surface area contributed by atoms with E-state index in [9.17, 15) is 8.42 Å². The summed E-state index contributed by atoms with van der Waals surface area (Å²) >= 11 is 0. The van der Waals surface area contributed by atoms with Crippen LogP contribution in [0.15, 0.2) is 24.3 Å². The van der Waals surface area contributed by atoms with Gasteiger partial charge in [0.05, 0.1) is 24.2 Å². The molecule has 1 aliphatic heterocycles. The second kappa shape index (κ2) is 6.43. The van der Waals surface area contributed by atoms with E-state index in [2.05, 4.69) is 0 Å². The zero-order valence-corrected chi connectivity index (χ0v) is 12.3. The summed E-state index contributed by atoms with van der Waals surface area (Å²) in [4.78, 5) is 0. The number of hydrogen-bond acceptors (Lipinski definition) is 5. The first-order valence-corrected chi connectivity index (χ1v) is 8.17. The molecule has 0 bridgehead atoms. The van der Waals surface area contributed by atoms with Crippen molar-refractivity contribution in [1.29, 1.82) is 0 Å². The summed E-state index contributed by atoms with van der Waals surface area (Å²) in [6, 6.07) is 7.03. The highest BCUT2D eigenvalue weighted by Crippen LogP contribution is 2.19. The van der Waals surface area contributed by atoms with Gasteiger partial charge in [-0.2, -0.15) is 4.31 Å². The lowest BCUT2D eigenvalue weighted by atomic mass is 10.3. The number of sulfonamides is 1. The lowest BCUT2D eigenvalue weighted by Gasteiger charge is -2.30. The van der Waals surface area contributed by atoms with Crippen molar-refractivity contribution >= 4 is 15.7 Å². The maximum Gasteiger partial charge on any atom is 0.217 e. The summed E-state index contributed by atoms with van der Waals surface area (Å²) in [5, 5.41) is 0. The summed E-state index contributed by atoms with van der Waals surface area (Å²) in [6.07, 6.45) is -0.0655. The zero-order valence-electron chi connectivity index (χ0n) is 11.5. The quantitative estimate of drug-likeness (QED) is 0.809. The van der Waals surface area contributed by atoms with E-state index in [0.717, 1.165) is 0 Å². The van der Waals surface area contributed by atoms with Crippen LogP contribution in [0.2, 0.25) is 0 Å². The van der Waals surface area contributed by atoms with Crippen LogP contribution in [0.4, 0.5) is 5.69 Å². The third-order valence-electron chi connectivity index (χ3n) is 3.12. The number of ether oxygens (including phenoxy) is 2. The van der Waals surface area contributed by atoms with Gasteiger partial charge >= 0.3 is 0 Å². The molecule has 0 saturated carbocycles. The number of para-hydroxylation sites is 2. The number of nitrogen functional groups attached to an aromatic ring is 1. The molecule has 1 fully saturated rings. The number of hydrogen-bond donors (Lipinski definition) is 1. The predicted octanol–water partition coefficient (Wildman–Crippen LogP) is 0.698. The third-order valence-corrected chi connectivity index (χ3v) is 4.92. The van der Waals surface area contributed by atoms with Gasteiger partial charge in [0.15, 0.2) is 0 Å². The Kier molecular flexibility index (Phi) is 4.85. The lowest BCUT2D eigenvalue weighted by Crippen LogP contribution is -2.46. The molecule has 6 nitrogen and oxygen atoms in total. The van der Waals surface area contributed by atoms with Crippen molar-refractivity contribution in [3.8, 4) is 5.75 Å². The van der Waals surface area contributed by atoms with E-state index < -0.39 is 10.0 Å². The molecule has 1 heterocycles. The molecule has 0 amide bonds. The highest BCUT2D eigenvalue weighted by Gasteiger charge is 2.27. The molecule has 1 aromatic rings. The molecule has 1 aliphatic rings. The average molecular weight is 300 g/mol. The highest BCUT2D eigenvalue weighted by molar-refractivity contribution is 7.89. The fourth-order valence-corrected chi connectivity index (χ4v) is 3.38. The Hall–Kier alpha value is -1.31. The number of nitrogens with zero attached hydrogens (tertiary/aromatic N) is 1. The standard InChI is InChI=1S/C13H20N2O4S/c1-11-10-15(6-7-18-11)20(16,17)9-8-19-13-5-3-2-4-12(13)14/h2-5,11H,6-10,14H2,1H3. The normalized spacial score (nSPS) is 20.8. The number of morpholine rings is 1. The Labute approximate surface area is 119 Å². The van der Waals surface area contributed by atoms with Crippen LogP contribution >= 0.6 is 0 Å². The van der Waals surface area contributed by atoms with Crippen LogP contribution in [0.3, 0.4) is 0 Å². The van der Waals surface area contributed by atoms with Gasteiger partial charge < -0.3 is 15.2 Å². The molecule has 1 atom stereocenters. The van der Waals surface area contributed by atoms with Crippen LogP contribution in [0.5, 0.6) is 5.75 Å². The molecule has 20 heavy (non-hydrogen) atoms. The number of rotatable bonds is 5. The highest BCUT2D eigenvalue weighted by atomic mass is 32.2. The smallest absolute Gasteiger partial charge is 0.217 e. The second-order valence-electron chi connectivity index (χ2n) is 4.74. The molecule has 7 heteroatoms. The van der Waals surface area contributed by atoms with E-state index in [4.69, 9.17) is 15.2 Å². The summed E-state index contributed by atoms with van der Waals surface area (Å²) in [7, 11) is -3.31. The van der Waals surface area contributed by atoms with E-state index in [1.165, 1.54) is 4.31 Å². The molecule has 1 saturated heterocycles. The van der Waals surface area contributed by atoms with Gasteiger partial charge in [0.1, 0.15) is 12.4 Å². The predicted molar refractivity (Wildman–Crippen MR) is 77.1 cm³/mol. The van der Waals surface area contributed by atoms with Gasteiger partial charge in [-0.15, -0.1) is 0 Å². The number of nitrogens with two attached hydrogens (primary N) is 1. The van der Waals surface area contributed by atoms with E-state index in [1.807, 2.05) is 6.92 Å². The molecule has 1 aromatic carbocycles. The van der Waals surface area contributed by atoms with Gasteiger partial charge in [-0.25, -0.2) is 8.42 Å². The van der Waals surface area contributed by atoms with Gasteiger partial charge in [0.25, 0.3) is 0 Å². The first kappa shape index (κ1) is 15.1. The summed E-state index contributed by atoms with van der Waals surface area (Å²) in [5.41, 5.74) is 6.23. The topological polar surface area (TPSA) is 81.9 Å². The minimum atomic E-state index is -3.31. The number of anilines is 1. The van der Waals surface area contributed by atoms with Crippen molar-refractivity contribution < 1.29 is 17.9 Å². The van der Waals surface area contributed by atoms with Crippen molar-refractivity contribution in [2.45, 2.75) is 13.0 Å². The molecule has 0 radical (unpaired) electrons. The Morgan fingerprint density at radius 1 is 1.45 bits per heavy atom. The molecule has 0 aromatic heterocycles. The Bertz CT molecular complexity index is 547. The Morgan fingerprint density at radius 3 is 2.90 bits per heavy atom. The van der Waals surface area contributed by atoms with Crippen molar-refractivity contribution in [2.24, 2.45) is 0 Å². The fourth-order valence-electron chi connectivity index (χ4n) is 2.04. The second-order valence-corrected chi connectivity index (χ2v) is 6.83. The molecule has 2 rings (SSSR count). The Balaban J connectivity index is 1.88. The Morgan fingerprint density at radius 2 is 2.20 bits per heavy atom. The minimum absolute atomic E-state index is 0.0615. The first-order chi connectivity index (χ1) is 9.49. The summed E-state index contributed by atoms with van der Waals surface area (Å²) < 4.78 is 36.6. The molecule has 2 N–H and O–H groups in total. The molecular weight excluding hydrogens is 280 g/mol. The van der Waals surface area contributed by atoms with Gasteiger partial charge in [0, 0.05) is 13.1 Å². The maximum atomic E-state index is 12.2. The molecular formula is C13H20N2O4S.